The molecule has 0 spiro atoms. The minimum absolute atomic E-state index is 0.192. The van der Waals surface area contributed by atoms with Crippen LogP contribution < -0.4 is 14.8 Å². The van der Waals surface area contributed by atoms with Gasteiger partial charge in [-0.15, -0.1) is 0 Å². The first kappa shape index (κ1) is 21.5. The van der Waals surface area contributed by atoms with E-state index in [0.717, 1.165) is 16.9 Å². The Bertz CT molecular complexity index is 1230. The van der Waals surface area contributed by atoms with Crippen LogP contribution in [0.4, 0.5) is 5.69 Å². The molecule has 2 aromatic heterocycles. The van der Waals surface area contributed by atoms with E-state index >= 15 is 0 Å². The SMILES string of the molecule is COc1cccc(Cn2cc(NC(=O)c3ccc(COc4ccc(Cl)cc4C)o3)cn2)c1. The number of ether oxygens (including phenoxy) is 2. The summed E-state index contributed by atoms with van der Waals surface area (Å²) in [6.45, 7) is 2.67. The van der Waals surface area contributed by atoms with Crippen LogP contribution >= 0.6 is 11.6 Å². The molecule has 32 heavy (non-hydrogen) atoms. The Morgan fingerprint density at radius 2 is 2.06 bits per heavy atom. The molecular formula is C24H22ClN3O4. The van der Waals surface area contributed by atoms with Crippen molar-refractivity contribution >= 4 is 23.2 Å². The van der Waals surface area contributed by atoms with Crippen LogP contribution in [0.1, 0.15) is 27.4 Å². The van der Waals surface area contributed by atoms with Crippen LogP contribution in [0.5, 0.6) is 11.5 Å². The zero-order valence-corrected chi connectivity index (χ0v) is 18.4. The summed E-state index contributed by atoms with van der Waals surface area (Å²) >= 11 is 5.96. The quantitative estimate of drug-likeness (QED) is 0.392. The number of furan rings is 1. The first-order valence-corrected chi connectivity index (χ1v) is 10.3. The molecule has 4 rings (SSSR count). The van der Waals surface area contributed by atoms with E-state index in [9.17, 15) is 4.79 Å². The fraction of sp³-hybridized carbons (Fsp3) is 0.167. The van der Waals surface area contributed by atoms with Gasteiger partial charge in [-0.25, -0.2) is 0 Å². The number of amides is 1. The van der Waals surface area contributed by atoms with Gasteiger partial charge in [-0.1, -0.05) is 23.7 Å². The minimum Gasteiger partial charge on any atom is -0.497 e. The zero-order valence-electron chi connectivity index (χ0n) is 17.7. The van der Waals surface area contributed by atoms with E-state index in [1.54, 1.807) is 48.5 Å². The van der Waals surface area contributed by atoms with Crippen molar-refractivity contribution in [1.82, 2.24) is 9.78 Å². The minimum atomic E-state index is -0.361. The average Bonchev–Trinajstić information content (AvgIpc) is 3.43. The molecule has 2 heterocycles. The lowest BCUT2D eigenvalue weighted by Crippen LogP contribution is -2.10. The van der Waals surface area contributed by atoms with E-state index in [1.807, 2.05) is 37.3 Å². The van der Waals surface area contributed by atoms with Crippen molar-refractivity contribution in [2.75, 3.05) is 12.4 Å². The molecule has 1 amide bonds. The van der Waals surface area contributed by atoms with Gasteiger partial charge in [-0.3, -0.25) is 9.48 Å². The molecule has 8 heteroatoms. The lowest BCUT2D eigenvalue weighted by atomic mass is 10.2. The van der Waals surface area contributed by atoms with Crippen molar-refractivity contribution in [3.05, 3.63) is 94.7 Å². The number of nitrogens with zero attached hydrogens (tertiary/aromatic N) is 2. The predicted octanol–water partition coefficient (Wildman–Crippen LogP) is 5.33. The maximum absolute atomic E-state index is 12.5. The predicted molar refractivity (Wildman–Crippen MR) is 122 cm³/mol. The molecule has 0 saturated heterocycles. The number of carbonyl (C=O) groups excluding carboxylic acids is 1. The Morgan fingerprint density at radius 1 is 1.19 bits per heavy atom. The first-order valence-electron chi connectivity index (χ1n) is 9.94. The highest BCUT2D eigenvalue weighted by atomic mass is 35.5. The van der Waals surface area contributed by atoms with Gasteiger partial charge in [0.15, 0.2) is 5.76 Å². The molecule has 0 unspecified atom stereocenters. The third-order valence-corrected chi connectivity index (χ3v) is 5.00. The highest BCUT2D eigenvalue weighted by Gasteiger charge is 2.13. The number of hydrogen-bond acceptors (Lipinski definition) is 5. The molecule has 0 fully saturated rings. The van der Waals surface area contributed by atoms with Crippen LogP contribution in [0.15, 0.2) is 71.4 Å². The molecule has 164 valence electrons. The van der Waals surface area contributed by atoms with E-state index in [2.05, 4.69) is 10.4 Å². The van der Waals surface area contributed by atoms with E-state index < -0.39 is 0 Å². The summed E-state index contributed by atoms with van der Waals surface area (Å²) in [5.41, 5.74) is 2.54. The number of halogens is 1. The monoisotopic (exact) mass is 451 g/mol. The molecule has 0 bridgehead atoms. The summed E-state index contributed by atoms with van der Waals surface area (Å²) in [5, 5.41) is 7.74. The Hall–Kier alpha value is -3.71. The van der Waals surface area contributed by atoms with Gasteiger partial charge in [0.1, 0.15) is 23.9 Å². The molecule has 0 atom stereocenters. The van der Waals surface area contributed by atoms with Gasteiger partial charge in [0, 0.05) is 11.2 Å². The molecule has 0 aliphatic heterocycles. The van der Waals surface area contributed by atoms with Gasteiger partial charge in [0.05, 0.1) is 25.5 Å². The van der Waals surface area contributed by atoms with Crippen LogP contribution in [0.3, 0.4) is 0 Å². The van der Waals surface area contributed by atoms with Crippen molar-refractivity contribution < 1.29 is 18.7 Å². The van der Waals surface area contributed by atoms with E-state index in [-0.39, 0.29) is 18.3 Å². The maximum atomic E-state index is 12.5. The Morgan fingerprint density at radius 3 is 2.88 bits per heavy atom. The molecule has 0 radical (unpaired) electrons. The topological polar surface area (TPSA) is 78.5 Å². The molecule has 0 aliphatic carbocycles. The van der Waals surface area contributed by atoms with Crippen molar-refractivity contribution in [3.8, 4) is 11.5 Å². The Labute approximate surface area is 190 Å². The Balaban J connectivity index is 1.34. The van der Waals surface area contributed by atoms with Gasteiger partial charge in [-0.05, 0) is 60.5 Å². The third-order valence-electron chi connectivity index (χ3n) is 4.76. The van der Waals surface area contributed by atoms with E-state index in [4.69, 9.17) is 25.5 Å². The van der Waals surface area contributed by atoms with E-state index in [0.29, 0.717) is 28.8 Å². The molecule has 0 aliphatic rings. The normalized spacial score (nSPS) is 10.7. The summed E-state index contributed by atoms with van der Waals surface area (Å²) in [5.74, 6) is 1.86. The van der Waals surface area contributed by atoms with Gasteiger partial charge in [0.2, 0.25) is 0 Å². The lowest BCUT2D eigenvalue weighted by Gasteiger charge is -2.07. The number of methoxy groups -OCH3 is 1. The van der Waals surface area contributed by atoms with Crippen molar-refractivity contribution in [1.29, 1.82) is 0 Å². The maximum Gasteiger partial charge on any atom is 0.291 e. The summed E-state index contributed by atoms with van der Waals surface area (Å²) in [6.07, 6.45) is 3.35. The van der Waals surface area contributed by atoms with Crippen molar-refractivity contribution in [2.24, 2.45) is 0 Å². The van der Waals surface area contributed by atoms with Crippen molar-refractivity contribution in [3.63, 3.8) is 0 Å². The first-order chi connectivity index (χ1) is 15.5. The van der Waals surface area contributed by atoms with E-state index in [1.165, 1.54) is 0 Å². The summed E-state index contributed by atoms with van der Waals surface area (Å²) in [7, 11) is 1.63. The number of aryl methyl sites for hydroxylation is 1. The van der Waals surface area contributed by atoms with Crippen LogP contribution in [-0.2, 0) is 13.2 Å². The van der Waals surface area contributed by atoms with Gasteiger partial charge in [0.25, 0.3) is 5.91 Å². The highest BCUT2D eigenvalue weighted by molar-refractivity contribution is 6.30. The smallest absolute Gasteiger partial charge is 0.291 e. The van der Waals surface area contributed by atoms with Crippen LogP contribution in [0, 0.1) is 6.92 Å². The number of nitrogens with one attached hydrogen (secondary N) is 1. The van der Waals surface area contributed by atoms with Crippen LogP contribution in [0.25, 0.3) is 0 Å². The number of benzene rings is 2. The second-order valence-corrected chi connectivity index (χ2v) is 7.63. The fourth-order valence-electron chi connectivity index (χ4n) is 3.17. The molecule has 0 saturated carbocycles. The summed E-state index contributed by atoms with van der Waals surface area (Å²) < 4.78 is 18.4. The molecule has 2 aromatic carbocycles. The molecule has 7 nitrogen and oxygen atoms in total. The third kappa shape index (κ3) is 5.31. The Kier molecular flexibility index (Phi) is 6.47. The number of anilines is 1. The van der Waals surface area contributed by atoms with Gasteiger partial charge in [-0.2, -0.15) is 5.10 Å². The number of aromatic nitrogens is 2. The zero-order chi connectivity index (χ0) is 22.5. The fourth-order valence-corrected chi connectivity index (χ4v) is 3.39. The number of rotatable bonds is 8. The largest absolute Gasteiger partial charge is 0.497 e. The van der Waals surface area contributed by atoms with Gasteiger partial charge < -0.3 is 19.2 Å². The summed E-state index contributed by atoms with van der Waals surface area (Å²) in [4.78, 5) is 12.5. The lowest BCUT2D eigenvalue weighted by molar-refractivity contribution is 0.0992. The van der Waals surface area contributed by atoms with Crippen LogP contribution in [0.2, 0.25) is 5.02 Å². The highest BCUT2D eigenvalue weighted by Crippen LogP contribution is 2.23. The molecule has 4 aromatic rings. The second-order valence-electron chi connectivity index (χ2n) is 7.20. The molecular weight excluding hydrogens is 430 g/mol. The number of carbonyl (C=O) groups is 1. The van der Waals surface area contributed by atoms with Gasteiger partial charge >= 0.3 is 0 Å². The summed E-state index contributed by atoms with van der Waals surface area (Å²) in [6, 6.07) is 16.5. The molecule has 1 N–H and O–H groups in total. The average molecular weight is 452 g/mol. The van der Waals surface area contributed by atoms with Crippen molar-refractivity contribution in [2.45, 2.75) is 20.1 Å². The number of hydrogen-bond donors (Lipinski definition) is 1. The standard InChI is InChI=1S/C24H22ClN3O4/c1-16-10-18(25)6-8-22(16)31-15-21-7-9-23(32-21)24(29)27-19-12-26-28(14-19)13-17-4-3-5-20(11-17)30-2/h3-12,14H,13,15H2,1-2H3,(H,27,29). The van der Waals surface area contributed by atoms with Crippen LogP contribution in [-0.4, -0.2) is 22.8 Å². The second kappa shape index (κ2) is 9.62.